The first-order chi connectivity index (χ1) is 13.2. The maximum Gasteiger partial charge on any atom is 0.273 e. The molecule has 1 saturated heterocycles. The summed E-state index contributed by atoms with van der Waals surface area (Å²) >= 11 is 0. The summed E-state index contributed by atoms with van der Waals surface area (Å²) in [5.41, 5.74) is -0.0647. The number of phenols is 1. The highest BCUT2D eigenvalue weighted by atomic mass is 32.2. The molecule has 0 atom stereocenters. The van der Waals surface area contributed by atoms with Crippen molar-refractivity contribution in [2.24, 2.45) is 0 Å². The van der Waals surface area contributed by atoms with E-state index in [0.29, 0.717) is 13.1 Å². The van der Waals surface area contributed by atoms with Gasteiger partial charge in [-0.1, -0.05) is 6.07 Å². The number of carbonyl (C=O) groups is 1. The molecule has 2 N–H and O–H groups in total. The third kappa shape index (κ3) is 3.69. The number of nitrogens with one attached hydrogen (secondary N) is 1. The zero-order valence-electron chi connectivity index (χ0n) is 15.1. The van der Waals surface area contributed by atoms with Gasteiger partial charge in [-0.15, -0.1) is 0 Å². The van der Waals surface area contributed by atoms with Crippen molar-refractivity contribution < 1.29 is 23.2 Å². The van der Waals surface area contributed by atoms with Crippen molar-refractivity contribution in [1.82, 2.24) is 4.31 Å². The van der Waals surface area contributed by atoms with Crippen LogP contribution in [0, 0.1) is 17.0 Å². The van der Waals surface area contributed by atoms with E-state index < -0.39 is 20.9 Å². The molecule has 1 heterocycles. The molecular weight excluding hydrogens is 386 g/mol. The van der Waals surface area contributed by atoms with Gasteiger partial charge in [0, 0.05) is 30.3 Å². The number of amides is 1. The fourth-order valence-corrected chi connectivity index (χ4v) is 4.65. The summed E-state index contributed by atoms with van der Waals surface area (Å²) in [6, 6.07) is 7.74. The molecule has 1 aliphatic rings. The summed E-state index contributed by atoms with van der Waals surface area (Å²) in [5, 5.41) is 23.5. The van der Waals surface area contributed by atoms with Gasteiger partial charge in [0.1, 0.15) is 5.75 Å². The summed E-state index contributed by atoms with van der Waals surface area (Å²) in [7, 11) is -3.72. The van der Waals surface area contributed by atoms with Crippen molar-refractivity contribution in [1.29, 1.82) is 0 Å². The fourth-order valence-electron chi connectivity index (χ4n) is 3.11. The molecule has 0 bridgehead atoms. The first-order valence-corrected chi connectivity index (χ1v) is 10.0. The van der Waals surface area contributed by atoms with Crippen LogP contribution in [0.25, 0.3) is 0 Å². The summed E-state index contributed by atoms with van der Waals surface area (Å²) in [4.78, 5) is 23.0. The van der Waals surface area contributed by atoms with Crippen LogP contribution in [0.4, 0.5) is 11.4 Å². The van der Waals surface area contributed by atoms with Gasteiger partial charge in [-0.3, -0.25) is 14.9 Å². The molecule has 0 radical (unpaired) electrons. The Balaban J connectivity index is 1.92. The van der Waals surface area contributed by atoms with E-state index >= 15 is 0 Å². The standard InChI is InChI=1S/C18H19N3O6S/c1-12-14(5-4-6-16(12)21(24)25)18(23)19-15-11-13(7-8-17(15)22)28(26,27)20-9-2-3-10-20/h4-8,11,22H,2-3,9-10H2,1H3,(H,19,23). The number of nitrogens with zero attached hydrogens (tertiary/aromatic N) is 2. The number of phenolic OH excluding ortho intramolecular Hbond substituents is 1. The van der Waals surface area contributed by atoms with Gasteiger partial charge in [0.25, 0.3) is 11.6 Å². The van der Waals surface area contributed by atoms with E-state index in [2.05, 4.69) is 5.32 Å². The number of nitro benzene ring substituents is 1. The monoisotopic (exact) mass is 405 g/mol. The Labute approximate surface area is 161 Å². The van der Waals surface area contributed by atoms with Crippen LogP contribution < -0.4 is 5.32 Å². The number of sulfonamides is 1. The fraction of sp³-hybridized carbons (Fsp3) is 0.278. The molecule has 0 aromatic heterocycles. The lowest BCUT2D eigenvalue weighted by molar-refractivity contribution is -0.385. The van der Waals surface area contributed by atoms with Crippen molar-refractivity contribution in [3.63, 3.8) is 0 Å². The van der Waals surface area contributed by atoms with Crippen molar-refractivity contribution in [3.05, 3.63) is 57.6 Å². The quantitative estimate of drug-likeness (QED) is 0.447. The van der Waals surface area contributed by atoms with Gasteiger partial charge in [0.15, 0.2) is 0 Å². The number of anilines is 1. The van der Waals surface area contributed by atoms with Crippen molar-refractivity contribution in [3.8, 4) is 5.75 Å². The molecule has 148 valence electrons. The normalized spacial score (nSPS) is 14.8. The summed E-state index contributed by atoms with van der Waals surface area (Å²) in [6.07, 6.45) is 1.57. The Morgan fingerprint density at radius 3 is 2.54 bits per heavy atom. The Kier molecular flexibility index (Phi) is 5.34. The van der Waals surface area contributed by atoms with Crippen molar-refractivity contribution in [2.75, 3.05) is 18.4 Å². The van der Waals surface area contributed by atoms with Crippen LogP contribution in [0.1, 0.15) is 28.8 Å². The van der Waals surface area contributed by atoms with Crippen LogP contribution in [-0.4, -0.2) is 41.7 Å². The number of benzene rings is 2. The molecule has 9 nitrogen and oxygen atoms in total. The van der Waals surface area contributed by atoms with Crippen LogP contribution in [0.5, 0.6) is 5.75 Å². The van der Waals surface area contributed by atoms with Gasteiger partial charge in [-0.05, 0) is 44.0 Å². The van der Waals surface area contributed by atoms with E-state index in [9.17, 15) is 28.4 Å². The minimum absolute atomic E-state index is 0.0433. The smallest absolute Gasteiger partial charge is 0.273 e. The van der Waals surface area contributed by atoms with E-state index in [1.54, 1.807) is 0 Å². The van der Waals surface area contributed by atoms with E-state index in [1.165, 1.54) is 47.6 Å². The first-order valence-electron chi connectivity index (χ1n) is 8.60. The third-order valence-electron chi connectivity index (χ3n) is 4.67. The molecule has 0 unspecified atom stereocenters. The maximum atomic E-state index is 12.7. The van der Waals surface area contributed by atoms with E-state index in [1.807, 2.05) is 0 Å². The predicted molar refractivity (Wildman–Crippen MR) is 102 cm³/mol. The maximum absolute atomic E-state index is 12.7. The van der Waals surface area contributed by atoms with E-state index in [4.69, 9.17) is 0 Å². The summed E-state index contributed by atoms with van der Waals surface area (Å²) in [5.74, 6) is -0.996. The molecule has 2 aromatic rings. The van der Waals surface area contributed by atoms with Crippen molar-refractivity contribution in [2.45, 2.75) is 24.7 Å². The molecule has 3 rings (SSSR count). The zero-order valence-corrected chi connectivity index (χ0v) is 15.9. The summed E-state index contributed by atoms with van der Waals surface area (Å²) < 4.78 is 26.7. The average Bonchev–Trinajstić information content (AvgIpc) is 3.18. The Bertz CT molecular complexity index is 1050. The number of nitro groups is 1. The minimum atomic E-state index is -3.72. The SMILES string of the molecule is Cc1c(C(=O)Nc2cc(S(=O)(=O)N3CCCC3)ccc2O)cccc1[N+](=O)[O-]. The summed E-state index contributed by atoms with van der Waals surface area (Å²) in [6.45, 7) is 2.30. The van der Waals surface area contributed by atoms with Gasteiger partial charge >= 0.3 is 0 Å². The number of hydrogen-bond acceptors (Lipinski definition) is 6. The number of hydrogen-bond donors (Lipinski definition) is 2. The second kappa shape index (κ2) is 7.56. The highest BCUT2D eigenvalue weighted by Gasteiger charge is 2.28. The second-order valence-electron chi connectivity index (χ2n) is 6.45. The molecule has 1 amide bonds. The average molecular weight is 405 g/mol. The van der Waals surface area contributed by atoms with Crippen LogP contribution in [0.2, 0.25) is 0 Å². The third-order valence-corrected chi connectivity index (χ3v) is 6.56. The topological polar surface area (TPSA) is 130 Å². The molecule has 0 aliphatic carbocycles. The molecular formula is C18H19N3O6S. The lowest BCUT2D eigenvalue weighted by Crippen LogP contribution is -2.28. The Morgan fingerprint density at radius 1 is 1.21 bits per heavy atom. The van der Waals surface area contributed by atoms with Gasteiger partial charge in [0.05, 0.1) is 15.5 Å². The van der Waals surface area contributed by atoms with E-state index in [0.717, 1.165) is 12.8 Å². The van der Waals surface area contributed by atoms with Crippen LogP contribution in [0.15, 0.2) is 41.3 Å². The largest absolute Gasteiger partial charge is 0.506 e. The van der Waals surface area contributed by atoms with Crippen LogP contribution in [-0.2, 0) is 10.0 Å². The molecule has 0 spiro atoms. The predicted octanol–water partition coefficient (Wildman–Crippen LogP) is 2.65. The highest BCUT2D eigenvalue weighted by Crippen LogP contribution is 2.30. The van der Waals surface area contributed by atoms with Crippen molar-refractivity contribution >= 4 is 27.3 Å². The lowest BCUT2D eigenvalue weighted by atomic mass is 10.1. The Hall–Kier alpha value is -2.98. The Morgan fingerprint density at radius 2 is 1.89 bits per heavy atom. The number of carbonyl (C=O) groups excluding carboxylic acids is 1. The number of rotatable bonds is 5. The van der Waals surface area contributed by atoms with Crippen LogP contribution in [0.3, 0.4) is 0 Å². The van der Waals surface area contributed by atoms with E-state index in [-0.39, 0.29) is 33.1 Å². The van der Waals surface area contributed by atoms with Crippen LogP contribution >= 0.6 is 0 Å². The molecule has 10 heteroatoms. The van der Waals surface area contributed by atoms with Gasteiger partial charge in [0.2, 0.25) is 10.0 Å². The molecule has 2 aromatic carbocycles. The molecule has 1 aliphatic heterocycles. The molecule has 1 fully saturated rings. The second-order valence-corrected chi connectivity index (χ2v) is 8.39. The molecule has 0 saturated carbocycles. The zero-order chi connectivity index (χ0) is 20.5. The van der Waals surface area contributed by atoms with Gasteiger partial charge in [-0.2, -0.15) is 4.31 Å². The first kappa shape index (κ1) is 19.8. The van der Waals surface area contributed by atoms with Gasteiger partial charge in [-0.25, -0.2) is 8.42 Å². The minimum Gasteiger partial charge on any atom is -0.506 e. The number of aromatic hydroxyl groups is 1. The van der Waals surface area contributed by atoms with Gasteiger partial charge < -0.3 is 10.4 Å². The molecule has 28 heavy (non-hydrogen) atoms. The lowest BCUT2D eigenvalue weighted by Gasteiger charge is -2.17. The highest BCUT2D eigenvalue weighted by molar-refractivity contribution is 7.89.